The van der Waals surface area contributed by atoms with E-state index in [1.807, 2.05) is 48.5 Å². The number of hydrogen-bond donors (Lipinski definition) is 1. The van der Waals surface area contributed by atoms with Crippen LogP contribution in [0.3, 0.4) is 0 Å². The largest absolute Gasteiger partial charge is 0.497 e. The Morgan fingerprint density at radius 2 is 1.88 bits per heavy atom. The molecule has 2 aromatic heterocycles. The third-order valence-corrected chi connectivity index (χ3v) is 6.70. The van der Waals surface area contributed by atoms with Crippen molar-refractivity contribution in [1.82, 2.24) is 14.8 Å². The molecule has 2 aromatic carbocycles. The van der Waals surface area contributed by atoms with Crippen LogP contribution in [0, 0.1) is 0 Å². The zero-order valence-corrected chi connectivity index (χ0v) is 18.2. The Labute approximate surface area is 190 Å². The van der Waals surface area contributed by atoms with Crippen LogP contribution < -0.4 is 4.74 Å². The smallest absolute Gasteiger partial charge is 0.246 e. The van der Waals surface area contributed by atoms with Gasteiger partial charge in [-0.3, -0.25) is 9.59 Å². The fourth-order valence-electron chi connectivity index (χ4n) is 5.18. The molecular formula is C26H23N3O4. The summed E-state index contributed by atoms with van der Waals surface area (Å²) < 4.78 is 10.8. The van der Waals surface area contributed by atoms with Crippen molar-refractivity contribution >= 4 is 22.7 Å². The number of fused-ring (bicyclic) bond motifs is 4. The summed E-state index contributed by atoms with van der Waals surface area (Å²) in [4.78, 5) is 34.1. The van der Waals surface area contributed by atoms with Gasteiger partial charge in [-0.2, -0.15) is 0 Å². The van der Waals surface area contributed by atoms with Crippen molar-refractivity contribution in [2.24, 2.45) is 0 Å². The molecule has 2 aliphatic rings. The lowest BCUT2D eigenvalue weighted by atomic mass is 9.86. The highest BCUT2D eigenvalue weighted by atomic mass is 16.5. The van der Waals surface area contributed by atoms with Crippen LogP contribution in [-0.4, -0.2) is 46.3 Å². The van der Waals surface area contributed by atoms with E-state index in [2.05, 4.69) is 11.1 Å². The molecule has 4 heterocycles. The van der Waals surface area contributed by atoms with Gasteiger partial charge >= 0.3 is 0 Å². The van der Waals surface area contributed by atoms with Crippen molar-refractivity contribution in [3.8, 4) is 5.75 Å². The summed E-state index contributed by atoms with van der Waals surface area (Å²) in [6.07, 6.45) is 2.06. The van der Waals surface area contributed by atoms with Gasteiger partial charge in [-0.25, -0.2) is 0 Å². The van der Waals surface area contributed by atoms with E-state index < -0.39 is 6.04 Å². The van der Waals surface area contributed by atoms with Gasteiger partial charge in [0.2, 0.25) is 11.8 Å². The molecule has 0 bridgehead atoms. The standard InChI is InChI=1S/C26H23N3O4/c1-32-17-10-8-16(9-11-17)25-24-20(19-6-2-3-7-21(19)27-24)13-22-26(31)28(15-23(30)29(22)25)14-18-5-4-12-33-18/h2-12,22,25,27H,13-15H2,1H3/t22-,25?/m0/s1. The Morgan fingerprint density at radius 3 is 2.64 bits per heavy atom. The summed E-state index contributed by atoms with van der Waals surface area (Å²) in [5, 5.41) is 1.09. The van der Waals surface area contributed by atoms with Gasteiger partial charge in [-0.05, 0) is 41.5 Å². The molecule has 2 amide bonds. The SMILES string of the molecule is COc1ccc(C2c3[nH]c4ccccc4c3C[C@H]3C(=O)N(Cc4ccco4)CC(=O)N23)cc1. The number of carbonyl (C=O) groups is 2. The van der Waals surface area contributed by atoms with Crippen LogP contribution in [0.25, 0.3) is 10.9 Å². The zero-order valence-electron chi connectivity index (χ0n) is 18.2. The Balaban J connectivity index is 1.47. The van der Waals surface area contributed by atoms with Crippen LogP contribution in [0.15, 0.2) is 71.3 Å². The molecule has 1 fully saturated rings. The minimum Gasteiger partial charge on any atom is -0.497 e. The summed E-state index contributed by atoms with van der Waals surface area (Å²) in [6.45, 7) is 0.314. The van der Waals surface area contributed by atoms with Gasteiger partial charge in [-0.15, -0.1) is 0 Å². The highest BCUT2D eigenvalue weighted by Gasteiger charge is 2.48. The summed E-state index contributed by atoms with van der Waals surface area (Å²) in [6, 6.07) is 18.5. The number of carbonyl (C=O) groups excluding carboxylic acids is 2. The molecular weight excluding hydrogens is 418 g/mol. The molecule has 0 spiro atoms. The molecule has 0 saturated carbocycles. The average molecular weight is 441 g/mol. The number of rotatable bonds is 4. The Hall–Kier alpha value is -4.00. The maximum Gasteiger partial charge on any atom is 0.246 e. The second-order valence-corrected chi connectivity index (χ2v) is 8.53. The number of aromatic nitrogens is 1. The van der Waals surface area contributed by atoms with Crippen molar-refractivity contribution in [3.63, 3.8) is 0 Å². The van der Waals surface area contributed by atoms with Crippen LogP contribution in [0.5, 0.6) is 5.75 Å². The van der Waals surface area contributed by atoms with E-state index in [9.17, 15) is 9.59 Å². The molecule has 1 N–H and O–H groups in total. The molecule has 7 nitrogen and oxygen atoms in total. The molecule has 1 unspecified atom stereocenters. The van der Waals surface area contributed by atoms with Crippen LogP contribution >= 0.6 is 0 Å². The summed E-state index contributed by atoms with van der Waals surface area (Å²) in [5.74, 6) is 1.28. The van der Waals surface area contributed by atoms with E-state index in [1.165, 1.54) is 0 Å². The monoisotopic (exact) mass is 441 g/mol. The first-order chi connectivity index (χ1) is 16.1. The number of hydrogen-bond acceptors (Lipinski definition) is 4. The van der Waals surface area contributed by atoms with Crippen molar-refractivity contribution in [2.45, 2.75) is 25.0 Å². The second-order valence-electron chi connectivity index (χ2n) is 8.53. The number of para-hydroxylation sites is 1. The minimum absolute atomic E-state index is 0.0260. The first-order valence-electron chi connectivity index (χ1n) is 11.0. The molecule has 7 heteroatoms. The highest BCUT2D eigenvalue weighted by Crippen LogP contribution is 2.42. The van der Waals surface area contributed by atoms with Crippen LogP contribution in [0.1, 0.15) is 28.6 Å². The number of methoxy groups -OCH3 is 1. The number of nitrogens with one attached hydrogen (secondary N) is 1. The van der Waals surface area contributed by atoms with Gasteiger partial charge in [0.05, 0.1) is 26.0 Å². The fourth-order valence-corrected chi connectivity index (χ4v) is 5.18. The predicted molar refractivity (Wildman–Crippen MR) is 122 cm³/mol. The molecule has 0 aliphatic carbocycles. The molecule has 0 radical (unpaired) electrons. The summed E-state index contributed by atoms with van der Waals surface area (Å²) in [7, 11) is 1.63. The maximum atomic E-state index is 13.6. The van der Waals surface area contributed by atoms with Crippen molar-refractivity contribution < 1.29 is 18.7 Å². The van der Waals surface area contributed by atoms with Gasteiger partial charge in [0.25, 0.3) is 0 Å². The van der Waals surface area contributed by atoms with Gasteiger partial charge in [0, 0.05) is 23.0 Å². The number of ether oxygens (including phenoxy) is 1. The average Bonchev–Trinajstić information content (AvgIpc) is 3.49. The van der Waals surface area contributed by atoms with E-state index >= 15 is 0 Å². The van der Waals surface area contributed by atoms with Gasteiger partial charge in [0.15, 0.2) is 0 Å². The zero-order chi connectivity index (χ0) is 22.5. The topological polar surface area (TPSA) is 78.8 Å². The first kappa shape index (κ1) is 19.7. The fraction of sp³-hybridized carbons (Fsp3) is 0.231. The van der Waals surface area contributed by atoms with E-state index in [0.717, 1.165) is 33.5 Å². The Kier molecular flexibility index (Phi) is 4.50. The maximum absolute atomic E-state index is 13.6. The van der Waals surface area contributed by atoms with E-state index in [4.69, 9.17) is 9.15 Å². The van der Waals surface area contributed by atoms with E-state index in [1.54, 1.807) is 29.2 Å². The minimum atomic E-state index is -0.569. The second kappa shape index (κ2) is 7.55. The lowest BCUT2D eigenvalue weighted by molar-refractivity contribution is -0.159. The number of piperazine rings is 1. The molecule has 166 valence electrons. The van der Waals surface area contributed by atoms with Crippen LogP contribution in [0.4, 0.5) is 0 Å². The number of aromatic amines is 1. The van der Waals surface area contributed by atoms with Crippen molar-refractivity contribution in [1.29, 1.82) is 0 Å². The van der Waals surface area contributed by atoms with Crippen LogP contribution in [0.2, 0.25) is 0 Å². The third-order valence-electron chi connectivity index (χ3n) is 6.70. The van der Waals surface area contributed by atoms with Gasteiger partial charge in [0.1, 0.15) is 24.1 Å². The molecule has 1 saturated heterocycles. The summed E-state index contributed by atoms with van der Waals surface area (Å²) in [5.41, 5.74) is 4.01. The lowest BCUT2D eigenvalue weighted by Crippen LogP contribution is -2.62. The van der Waals surface area contributed by atoms with Gasteiger partial charge in [-0.1, -0.05) is 30.3 Å². The number of furan rings is 1. The third kappa shape index (κ3) is 3.11. The van der Waals surface area contributed by atoms with Crippen LogP contribution in [-0.2, 0) is 22.6 Å². The van der Waals surface area contributed by atoms with Gasteiger partial charge < -0.3 is 23.9 Å². The van der Waals surface area contributed by atoms with E-state index in [0.29, 0.717) is 12.2 Å². The normalized spacial score (nSPS) is 20.2. The molecule has 33 heavy (non-hydrogen) atoms. The predicted octanol–water partition coefficient (Wildman–Crippen LogP) is 3.65. The molecule has 2 aliphatic heterocycles. The lowest BCUT2D eigenvalue weighted by Gasteiger charge is -2.47. The first-order valence-corrected chi connectivity index (χ1v) is 11.0. The van der Waals surface area contributed by atoms with E-state index in [-0.39, 0.29) is 30.9 Å². The number of amides is 2. The quantitative estimate of drug-likeness (QED) is 0.524. The molecule has 2 atom stereocenters. The number of H-pyrrole nitrogens is 1. The highest BCUT2D eigenvalue weighted by molar-refractivity contribution is 5.97. The Bertz CT molecular complexity index is 1340. The summed E-state index contributed by atoms with van der Waals surface area (Å²) >= 11 is 0. The van der Waals surface area contributed by atoms with Crippen molar-refractivity contribution in [2.75, 3.05) is 13.7 Å². The number of benzene rings is 2. The Morgan fingerprint density at radius 1 is 1.06 bits per heavy atom. The number of nitrogens with zero attached hydrogens (tertiary/aromatic N) is 2. The molecule has 4 aromatic rings. The molecule has 6 rings (SSSR count). The van der Waals surface area contributed by atoms with Crippen molar-refractivity contribution in [3.05, 3.63) is 89.5 Å².